The van der Waals surface area contributed by atoms with Crippen molar-refractivity contribution in [2.24, 2.45) is 5.92 Å². The quantitative estimate of drug-likeness (QED) is 0.837. The SMILES string of the molecule is CC(O)(c1cccc2c1OCC2)C1CCCNC1. The minimum atomic E-state index is -0.802. The van der Waals surface area contributed by atoms with Gasteiger partial charge in [-0.25, -0.2) is 0 Å². The number of benzene rings is 1. The van der Waals surface area contributed by atoms with Gasteiger partial charge in [0.05, 0.1) is 12.2 Å². The summed E-state index contributed by atoms with van der Waals surface area (Å²) < 4.78 is 5.73. The fourth-order valence-corrected chi connectivity index (χ4v) is 3.17. The predicted molar refractivity (Wildman–Crippen MR) is 70.8 cm³/mol. The van der Waals surface area contributed by atoms with Crippen LogP contribution >= 0.6 is 0 Å². The summed E-state index contributed by atoms with van der Waals surface area (Å²) in [6.45, 7) is 4.62. The summed E-state index contributed by atoms with van der Waals surface area (Å²) in [4.78, 5) is 0. The van der Waals surface area contributed by atoms with E-state index in [9.17, 15) is 5.11 Å². The topological polar surface area (TPSA) is 41.5 Å². The third-order valence-electron chi connectivity index (χ3n) is 4.35. The molecule has 0 bridgehead atoms. The molecular formula is C15H21NO2. The molecule has 2 N–H and O–H groups in total. The van der Waals surface area contributed by atoms with Crippen molar-refractivity contribution in [3.63, 3.8) is 0 Å². The maximum absolute atomic E-state index is 11.0. The molecule has 0 amide bonds. The van der Waals surface area contributed by atoms with Gasteiger partial charge in [0.1, 0.15) is 5.75 Å². The Labute approximate surface area is 108 Å². The molecule has 2 atom stereocenters. The molecule has 1 aromatic rings. The second-order valence-corrected chi connectivity index (χ2v) is 5.58. The summed E-state index contributed by atoms with van der Waals surface area (Å²) in [6, 6.07) is 6.15. The van der Waals surface area contributed by atoms with Gasteiger partial charge in [-0.1, -0.05) is 18.2 Å². The molecule has 98 valence electrons. The third-order valence-corrected chi connectivity index (χ3v) is 4.35. The normalized spacial score (nSPS) is 26.2. The van der Waals surface area contributed by atoms with Gasteiger partial charge < -0.3 is 15.2 Å². The zero-order valence-electron chi connectivity index (χ0n) is 10.9. The van der Waals surface area contributed by atoms with E-state index in [1.54, 1.807) is 0 Å². The average Bonchev–Trinajstić information content (AvgIpc) is 2.87. The average molecular weight is 247 g/mol. The van der Waals surface area contributed by atoms with E-state index in [0.717, 1.165) is 50.3 Å². The number of ether oxygens (including phenoxy) is 1. The van der Waals surface area contributed by atoms with Gasteiger partial charge in [-0.05, 0) is 31.9 Å². The van der Waals surface area contributed by atoms with Gasteiger partial charge in [0.15, 0.2) is 0 Å². The van der Waals surface area contributed by atoms with Crippen molar-refractivity contribution in [2.45, 2.75) is 31.8 Å². The second kappa shape index (κ2) is 4.56. The molecule has 2 unspecified atom stereocenters. The summed E-state index contributed by atoms with van der Waals surface area (Å²) in [5.74, 6) is 1.19. The van der Waals surface area contributed by atoms with E-state index < -0.39 is 5.60 Å². The van der Waals surface area contributed by atoms with Crippen LogP contribution in [0.4, 0.5) is 0 Å². The largest absolute Gasteiger partial charge is 0.493 e. The van der Waals surface area contributed by atoms with Crippen LogP contribution in [-0.4, -0.2) is 24.8 Å². The minimum Gasteiger partial charge on any atom is -0.493 e. The van der Waals surface area contributed by atoms with E-state index in [1.165, 1.54) is 5.56 Å². The first kappa shape index (κ1) is 12.0. The molecule has 2 heterocycles. The number of rotatable bonds is 2. The molecule has 1 aromatic carbocycles. The lowest BCUT2D eigenvalue weighted by atomic mass is 9.78. The van der Waals surface area contributed by atoms with E-state index in [4.69, 9.17) is 4.74 Å². The zero-order chi connectivity index (χ0) is 12.6. The molecule has 1 saturated heterocycles. The Bertz CT molecular complexity index is 436. The monoisotopic (exact) mass is 247 g/mol. The van der Waals surface area contributed by atoms with Crippen LogP contribution in [-0.2, 0) is 12.0 Å². The van der Waals surface area contributed by atoms with Crippen LogP contribution in [0.1, 0.15) is 30.9 Å². The molecular weight excluding hydrogens is 226 g/mol. The van der Waals surface area contributed by atoms with Crippen LogP contribution in [0.3, 0.4) is 0 Å². The molecule has 2 aliphatic heterocycles. The van der Waals surface area contributed by atoms with Crippen molar-refractivity contribution >= 4 is 0 Å². The Balaban J connectivity index is 1.95. The summed E-state index contributed by atoms with van der Waals surface area (Å²) in [7, 11) is 0. The highest BCUT2D eigenvalue weighted by Gasteiger charge is 2.37. The van der Waals surface area contributed by atoms with Crippen LogP contribution < -0.4 is 10.1 Å². The first-order valence-corrected chi connectivity index (χ1v) is 6.88. The Morgan fingerprint density at radius 2 is 2.33 bits per heavy atom. The van der Waals surface area contributed by atoms with E-state index in [0.29, 0.717) is 0 Å². The zero-order valence-corrected chi connectivity index (χ0v) is 10.9. The lowest BCUT2D eigenvalue weighted by Gasteiger charge is -2.37. The highest BCUT2D eigenvalue weighted by Crippen LogP contribution is 2.41. The number of fused-ring (bicyclic) bond motifs is 1. The maximum Gasteiger partial charge on any atom is 0.128 e. The summed E-state index contributed by atoms with van der Waals surface area (Å²) in [5.41, 5.74) is 1.39. The first-order chi connectivity index (χ1) is 8.69. The van der Waals surface area contributed by atoms with Crippen molar-refractivity contribution in [1.29, 1.82) is 0 Å². The van der Waals surface area contributed by atoms with Crippen LogP contribution in [0.15, 0.2) is 18.2 Å². The van der Waals surface area contributed by atoms with E-state index >= 15 is 0 Å². The standard InChI is InChI=1S/C15H21NO2/c1-15(17,12-5-3-8-16-10-12)13-6-2-4-11-7-9-18-14(11)13/h2,4,6,12,16-17H,3,5,7-10H2,1H3. The molecule has 18 heavy (non-hydrogen) atoms. The molecule has 3 heteroatoms. The van der Waals surface area contributed by atoms with Gasteiger partial charge in [-0.3, -0.25) is 0 Å². The van der Waals surface area contributed by atoms with Gasteiger partial charge in [0.2, 0.25) is 0 Å². The molecule has 0 saturated carbocycles. The summed E-state index contributed by atoms with van der Waals surface area (Å²) in [6.07, 6.45) is 3.17. The van der Waals surface area contributed by atoms with Gasteiger partial charge in [0, 0.05) is 24.4 Å². The lowest BCUT2D eigenvalue weighted by Crippen LogP contribution is -2.42. The van der Waals surface area contributed by atoms with Crippen molar-refractivity contribution in [1.82, 2.24) is 5.32 Å². The van der Waals surface area contributed by atoms with Crippen molar-refractivity contribution in [3.05, 3.63) is 29.3 Å². The van der Waals surface area contributed by atoms with E-state index in [-0.39, 0.29) is 5.92 Å². The summed E-state index contributed by atoms with van der Waals surface area (Å²) in [5, 5.41) is 14.3. The smallest absolute Gasteiger partial charge is 0.128 e. The van der Waals surface area contributed by atoms with Crippen molar-refractivity contribution in [3.8, 4) is 5.75 Å². The Morgan fingerprint density at radius 3 is 3.11 bits per heavy atom. The molecule has 0 spiro atoms. The molecule has 0 radical (unpaired) electrons. The first-order valence-electron chi connectivity index (χ1n) is 6.88. The second-order valence-electron chi connectivity index (χ2n) is 5.58. The van der Waals surface area contributed by atoms with Crippen LogP contribution in [0.5, 0.6) is 5.75 Å². The molecule has 1 fully saturated rings. The Hall–Kier alpha value is -1.06. The number of nitrogens with one attached hydrogen (secondary N) is 1. The number of hydrogen-bond acceptors (Lipinski definition) is 3. The molecule has 2 aliphatic rings. The molecule has 3 nitrogen and oxygen atoms in total. The molecule has 0 aromatic heterocycles. The number of para-hydroxylation sites is 1. The Morgan fingerprint density at radius 1 is 1.44 bits per heavy atom. The number of aliphatic hydroxyl groups is 1. The lowest BCUT2D eigenvalue weighted by molar-refractivity contribution is -0.0174. The fourth-order valence-electron chi connectivity index (χ4n) is 3.17. The Kier molecular flexibility index (Phi) is 3.04. The minimum absolute atomic E-state index is 0.266. The maximum atomic E-state index is 11.0. The van der Waals surface area contributed by atoms with Crippen LogP contribution in [0.2, 0.25) is 0 Å². The van der Waals surface area contributed by atoms with E-state index in [1.807, 2.05) is 19.1 Å². The van der Waals surface area contributed by atoms with Crippen molar-refractivity contribution in [2.75, 3.05) is 19.7 Å². The molecule has 3 rings (SSSR count). The van der Waals surface area contributed by atoms with E-state index in [2.05, 4.69) is 11.4 Å². The summed E-state index contributed by atoms with van der Waals surface area (Å²) >= 11 is 0. The number of hydrogen-bond donors (Lipinski definition) is 2. The third kappa shape index (κ3) is 1.91. The van der Waals surface area contributed by atoms with Gasteiger partial charge >= 0.3 is 0 Å². The number of piperidine rings is 1. The van der Waals surface area contributed by atoms with Gasteiger partial charge in [0.25, 0.3) is 0 Å². The van der Waals surface area contributed by atoms with Crippen LogP contribution in [0, 0.1) is 5.92 Å². The fraction of sp³-hybridized carbons (Fsp3) is 0.600. The van der Waals surface area contributed by atoms with Gasteiger partial charge in [-0.15, -0.1) is 0 Å². The van der Waals surface area contributed by atoms with Crippen LogP contribution in [0.25, 0.3) is 0 Å². The van der Waals surface area contributed by atoms with Gasteiger partial charge in [-0.2, -0.15) is 0 Å². The highest BCUT2D eigenvalue weighted by atomic mass is 16.5. The highest BCUT2D eigenvalue weighted by molar-refractivity contribution is 5.47. The van der Waals surface area contributed by atoms with Crippen molar-refractivity contribution < 1.29 is 9.84 Å². The molecule has 0 aliphatic carbocycles. The predicted octanol–water partition coefficient (Wildman–Crippen LogP) is 1.83.